The topological polar surface area (TPSA) is 48.1 Å². The van der Waals surface area contributed by atoms with Gasteiger partial charge in [0, 0.05) is 58.0 Å². The zero-order chi connectivity index (χ0) is 19.3. The largest absolute Gasteiger partial charge is 0.416 e. The number of halogens is 3. The molecule has 2 saturated heterocycles. The van der Waals surface area contributed by atoms with Gasteiger partial charge in [0.1, 0.15) is 0 Å². The number of hydrogen-bond donors (Lipinski definition) is 1. The van der Waals surface area contributed by atoms with Crippen molar-refractivity contribution in [3.05, 3.63) is 29.8 Å². The van der Waals surface area contributed by atoms with Crippen LogP contribution >= 0.6 is 0 Å². The number of morpholine rings is 1. The Bertz CT molecular complexity index is 627. The number of hydrogen-bond acceptors (Lipinski definition) is 4. The van der Waals surface area contributed by atoms with E-state index in [0.717, 1.165) is 64.6 Å². The van der Waals surface area contributed by atoms with E-state index in [1.807, 2.05) is 0 Å². The molecule has 27 heavy (non-hydrogen) atoms. The van der Waals surface area contributed by atoms with E-state index >= 15 is 0 Å². The number of amides is 2. The minimum atomic E-state index is -4.42. The van der Waals surface area contributed by atoms with E-state index in [1.54, 1.807) is 4.90 Å². The Morgan fingerprint density at radius 1 is 1.00 bits per heavy atom. The van der Waals surface area contributed by atoms with Gasteiger partial charge in [0.15, 0.2) is 0 Å². The molecule has 2 aliphatic heterocycles. The number of rotatable bonds is 4. The van der Waals surface area contributed by atoms with Crippen molar-refractivity contribution in [2.45, 2.75) is 6.18 Å². The number of anilines is 1. The van der Waals surface area contributed by atoms with Crippen LogP contribution in [-0.4, -0.2) is 86.3 Å². The number of ether oxygens (including phenoxy) is 1. The van der Waals surface area contributed by atoms with Crippen LogP contribution in [0.1, 0.15) is 5.56 Å². The second-order valence-corrected chi connectivity index (χ2v) is 6.79. The molecule has 1 N–H and O–H groups in total. The van der Waals surface area contributed by atoms with Gasteiger partial charge in [-0.25, -0.2) is 4.79 Å². The van der Waals surface area contributed by atoms with Crippen LogP contribution in [0.2, 0.25) is 0 Å². The van der Waals surface area contributed by atoms with Gasteiger partial charge < -0.3 is 15.0 Å². The summed E-state index contributed by atoms with van der Waals surface area (Å²) >= 11 is 0. The first-order valence-corrected chi connectivity index (χ1v) is 9.17. The van der Waals surface area contributed by atoms with Crippen molar-refractivity contribution >= 4 is 11.7 Å². The van der Waals surface area contributed by atoms with Crippen LogP contribution in [0.5, 0.6) is 0 Å². The molecule has 3 rings (SSSR count). The van der Waals surface area contributed by atoms with Crippen molar-refractivity contribution in [3.63, 3.8) is 0 Å². The average molecular weight is 386 g/mol. The summed E-state index contributed by atoms with van der Waals surface area (Å²) < 4.78 is 43.7. The van der Waals surface area contributed by atoms with Gasteiger partial charge in [0.05, 0.1) is 18.8 Å². The summed E-state index contributed by atoms with van der Waals surface area (Å²) in [6.07, 6.45) is -4.42. The summed E-state index contributed by atoms with van der Waals surface area (Å²) in [6.45, 7) is 8.07. The minimum Gasteiger partial charge on any atom is -0.379 e. The Morgan fingerprint density at radius 2 is 1.63 bits per heavy atom. The molecular formula is C18H25F3N4O2. The third kappa shape index (κ3) is 5.82. The van der Waals surface area contributed by atoms with Crippen molar-refractivity contribution in [1.29, 1.82) is 0 Å². The van der Waals surface area contributed by atoms with Gasteiger partial charge in [-0.1, -0.05) is 6.07 Å². The third-order valence-corrected chi connectivity index (χ3v) is 4.94. The van der Waals surface area contributed by atoms with Crippen LogP contribution in [0.25, 0.3) is 0 Å². The predicted octanol–water partition coefficient (Wildman–Crippen LogP) is 2.19. The Morgan fingerprint density at radius 3 is 2.26 bits per heavy atom. The van der Waals surface area contributed by atoms with Gasteiger partial charge in [-0.2, -0.15) is 13.2 Å². The molecule has 9 heteroatoms. The van der Waals surface area contributed by atoms with Crippen LogP contribution in [0, 0.1) is 0 Å². The van der Waals surface area contributed by atoms with Crippen LogP contribution in [-0.2, 0) is 10.9 Å². The molecule has 0 atom stereocenters. The summed E-state index contributed by atoms with van der Waals surface area (Å²) in [7, 11) is 0. The number of carbonyl (C=O) groups excluding carboxylic acids is 1. The maximum absolute atomic E-state index is 12.8. The molecule has 0 unspecified atom stereocenters. The number of nitrogens with one attached hydrogen (secondary N) is 1. The fourth-order valence-corrected chi connectivity index (χ4v) is 3.26. The zero-order valence-electron chi connectivity index (χ0n) is 15.2. The van der Waals surface area contributed by atoms with Crippen molar-refractivity contribution < 1.29 is 22.7 Å². The molecule has 0 aliphatic carbocycles. The smallest absolute Gasteiger partial charge is 0.379 e. The zero-order valence-corrected chi connectivity index (χ0v) is 15.2. The Labute approximate surface area is 156 Å². The number of carbonyl (C=O) groups is 1. The predicted molar refractivity (Wildman–Crippen MR) is 95.7 cm³/mol. The summed E-state index contributed by atoms with van der Waals surface area (Å²) in [5.41, 5.74) is -0.613. The molecule has 2 fully saturated rings. The number of piperazine rings is 1. The van der Waals surface area contributed by atoms with Crippen molar-refractivity contribution in [3.8, 4) is 0 Å². The van der Waals surface area contributed by atoms with Crippen molar-refractivity contribution in [2.24, 2.45) is 0 Å². The number of nitrogens with zero attached hydrogens (tertiary/aromatic N) is 3. The van der Waals surface area contributed by atoms with E-state index in [4.69, 9.17) is 4.74 Å². The summed E-state index contributed by atoms with van der Waals surface area (Å²) in [4.78, 5) is 18.7. The Balaban J connectivity index is 1.43. The molecule has 2 heterocycles. The summed E-state index contributed by atoms with van der Waals surface area (Å²) in [6, 6.07) is 4.34. The lowest BCUT2D eigenvalue weighted by Gasteiger charge is -2.36. The van der Waals surface area contributed by atoms with Gasteiger partial charge >= 0.3 is 12.2 Å². The normalized spacial score (nSPS) is 19.9. The van der Waals surface area contributed by atoms with E-state index in [1.165, 1.54) is 12.1 Å². The molecule has 0 spiro atoms. The van der Waals surface area contributed by atoms with Crippen LogP contribution < -0.4 is 5.32 Å². The maximum Gasteiger partial charge on any atom is 0.416 e. The monoisotopic (exact) mass is 386 g/mol. The lowest BCUT2D eigenvalue weighted by molar-refractivity contribution is -0.137. The van der Waals surface area contributed by atoms with Gasteiger partial charge in [-0.05, 0) is 18.2 Å². The molecule has 150 valence electrons. The SMILES string of the molecule is O=C(Nc1cccc(C(F)(F)F)c1)N1CCN(CCN2CCOCC2)CC1. The van der Waals surface area contributed by atoms with Crippen LogP contribution in [0.4, 0.5) is 23.7 Å². The second-order valence-electron chi connectivity index (χ2n) is 6.79. The lowest BCUT2D eigenvalue weighted by atomic mass is 10.2. The Kier molecular flexibility index (Phi) is 6.56. The van der Waals surface area contributed by atoms with Gasteiger partial charge in [-0.15, -0.1) is 0 Å². The molecule has 6 nitrogen and oxygen atoms in total. The van der Waals surface area contributed by atoms with Crippen LogP contribution in [0.15, 0.2) is 24.3 Å². The molecule has 0 aromatic heterocycles. The minimum absolute atomic E-state index is 0.157. The van der Waals surface area contributed by atoms with E-state index in [-0.39, 0.29) is 11.7 Å². The highest BCUT2D eigenvalue weighted by Crippen LogP contribution is 2.30. The fourth-order valence-electron chi connectivity index (χ4n) is 3.26. The first kappa shape index (κ1) is 19.9. The highest BCUT2D eigenvalue weighted by Gasteiger charge is 2.30. The second kappa shape index (κ2) is 8.90. The maximum atomic E-state index is 12.8. The quantitative estimate of drug-likeness (QED) is 0.862. The van der Waals surface area contributed by atoms with E-state index in [9.17, 15) is 18.0 Å². The molecule has 0 bridgehead atoms. The van der Waals surface area contributed by atoms with Gasteiger partial charge in [0.25, 0.3) is 0 Å². The van der Waals surface area contributed by atoms with E-state index in [2.05, 4.69) is 15.1 Å². The summed E-state index contributed by atoms with van der Waals surface area (Å²) in [5.74, 6) is 0. The molecule has 2 amide bonds. The van der Waals surface area contributed by atoms with Crippen LogP contribution in [0.3, 0.4) is 0 Å². The molecule has 1 aromatic carbocycles. The lowest BCUT2D eigenvalue weighted by Crippen LogP contribution is -2.51. The number of alkyl halides is 3. The van der Waals surface area contributed by atoms with Crippen molar-refractivity contribution in [2.75, 3.05) is 70.9 Å². The van der Waals surface area contributed by atoms with Gasteiger partial charge in [-0.3, -0.25) is 9.80 Å². The highest BCUT2D eigenvalue weighted by molar-refractivity contribution is 5.89. The first-order valence-electron chi connectivity index (χ1n) is 9.17. The van der Waals surface area contributed by atoms with Crippen molar-refractivity contribution in [1.82, 2.24) is 14.7 Å². The number of urea groups is 1. The molecular weight excluding hydrogens is 361 g/mol. The first-order chi connectivity index (χ1) is 12.9. The molecule has 0 radical (unpaired) electrons. The number of benzene rings is 1. The molecule has 1 aromatic rings. The van der Waals surface area contributed by atoms with Gasteiger partial charge in [0.2, 0.25) is 0 Å². The highest BCUT2D eigenvalue weighted by atomic mass is 19.4. The third-order valence-electron chi connectivity index (χ3n) is 4.94. The van der Waals surface area contributed by atoms with E-state index < -0.39 is 11.7 Å². The Hall–Kier alpha value is -1.84. The summed E-state index contributed by atoms with van der Waals surface area (Å²) in [5, 5.41) is 2.57. The van der Waals surface area contributed by atoms with E-state index in [0.29, 0.717) is 13.1 Å². The molecule has 2 aliphatic rings. The standard InChI is InChI=1S/C18H25F3N4O2/c19-18(20,21)15-2-1-3-16(14-15)22-17(26)25-8-6-23(7-9-25)4-5-24-10-12-27-13-11-24/h1-3,14H,4-13H2,(H,22,26). The average Bonchev–Trinajstić information content (AvgIpc) is 2.67. The molecule has 0 saturated carbocycles. The fraction of sp³-hybridized carbons (Fsp3) is 0.611.